The first-order valence-corrected chi connectivity index (χ1v) is 3.22. The summed E-state index contributed by atoms with van der Waals surface area (Å²) < 4.78 is 0. The lowest BCUT2D eigenvalue weighted by Crippen LogP contribution is -2.10. The molecule has 7 heavy (non-hydrogen) atoms. The van der Waals surface area contributed by atoms with E-state index in [0.717, 1.165) is 6.42 Å². The molecule has 0 heterocycles. The Hall–Kier alpha value is 0.310. The Balaban J connectivity index is 2.68. The minimum Gasteiger partial charge on any atom is -0.320 e. The predicted molar refractivity (Wildman–Crippen MR) is 36.5 cm³/mol. The van der Waals surface area contributed by atoms with Crippen molar-refractivity contribution in [3.05, 3.63) is 0 Å². The van der Waals surface area contributed by atoms with Gasteiger partial charge in [0.25, 0.3) is 0 Å². The van der Waals surface area contributed by atoms with Gasteiger partial charge in [-0.05, 0) is 6.42 Å². The third kappa shape index (κ3) is 6.31. The monoisotopic (exact) mass is 119 g/mol. The molecule has 0 amide bonds. The summed E-state index contributed by atoms with van der Waals surface area (Å²) in [5, 5.41) is 0.0972. The standard InChI is InChI=1S/C5H13NS/c1-2-3-4-5(6)7/h5,7H,2-4,6H2,1H3. The Morgan fingerprint density at radius 2 is 2.29 bits per heavy atom. The van der Waals surface area contributed by atoms with Crippen molar-refractivity contribution < 1.29 is 0 Å². The summed E-state index contributed by atoms with van der Waals surface area (Å²) in [4.78, 5) is 0. The highest BCUT2D eigenvalue weighted by Gasteiger charge is 1.89. The average Bonchev–Trinajstić information content (AvgIpc) is 1.61. The van der Waals surface area contributed by atoms with Gasteiger partial charge in [0, 0.05) is 5.37 Å². The van der Waals surface area contributed by atoms with Crippen molar-refractivity contribution >= 4 is 12.6 Å². The SMILES string of the molecule is CCCCC(N)S. The molecular weight excluding hydrogens is 106 g/mol. The van der Waals surface area contributed by atoms with Crippen LogP contribution in [0.3, 0.4) is 0 Å². The molecule has 44 valence electrons. The number of hydrogen-bond acceptors (Lipinski definition) is 2. The number of rotatable bonds is 3. The van der Waals surface area contributed by atoms with Crippen LogP contribution in [0.1, 0.15) is 26.2 Å². The van der Waals surface area contributed by atoms with E-state index in [-0.39, 0.29) is 5.37 Å². The fourth-order valence-corrected chi connectivity index (χ4v) is 0.596. The molecule has 0 radical (unpaired) electrons. The molecule has 0 aromatic heterocycles. The molecule has 1 nitrogen and oxygen atoms in total. The van der Waals surface area contributed by atoms with Crippen LogP contribution in [0.15, 0.2) is 0 Å². The Morgan fingerprint density at radius 1 is 1.71 bits per heavy atom. The van der Waals surface area contributed by atoms with Gasteiger partial charge in [-0.2, -0.15) is 12.6 Å². The molecule has 0 bridgehead atoms. The zero-order valence-corrected chi connectivity index (χ0v) is 5.62. The summed E-state index contributed by atoms with van der Waals surface area (Å²) >= 11 is 4.01. The normalized spacial score (nSPS) is 14.1. The van der Waals surface area contributed by atoms with E-state index in [1.165, 1.54) is 12.8 Å². The van der Waals surface area contributed by atoms with Crippen molar-refractivity contribution in [2.45, 2.75) is 31.6 Å². The van der Waals surface area contributed by atoms with E-state index in [4.69, 9.17) is 5.73 Å². The predicted octanol–water partition coefficient (Wildman–Crippen LogP) is 1.39. The van der Waals surface area contributed by atoms with Crippen LogP contribution in [0, 0.1) is 0 Å². The quantitative estimate of drug-likeness (QED) is 0.426. The van der Waals surface area contributed by atoms with Crippen molar-refractivity contribution in [3.63, 3.8) is 0 Å². The van der Waals surface area contributed by atoms with Gasteiger partial charge in [0.05, 0.1) is 0 Å². The van der Waals surface area contributed by atoms with Crippen LogP contribution in [0.2, 0.25) is 0 Å². The highest BCUT2D eigenvalue weighted by Crippen LogP contribution is 1.99. The molecule has 2 heteroatoms. The summed E-state index contributed by atoms with van der Waals surface area (Å²) in [5.41, 5.74) is 5.34. The van der Waals surface area contributed by atoms with Crippen molar-refractivity contribution in [3.8, 4) is 0 Å². The molecular formula is C5H13NS. The minimum atomic E-state index is 0.0972. The zero-order valence-electron chi connectivity index (χ0n) is 4.72. The molecule has 0 spiro atoms. The van der Waals surface area contributed by atoms with E-state index in [1.807, 2.05) is 0 Å². The van der Waals surface area contributed by atoms with E-state index in [1.54, 1.807) is 0 Å². The van der Waals surface area contributed by atoms with Crippen LogP contribution < -0.4 is 5.73 Å². The van der Waals surface area contributed by atoms with Crippen LogP contribution >= 0.6 is 12.6 Å². The molecule has 0 rings (SSSR count). The number of hydrogen-bond donors (Lipinski definition) is 2. The van der Waals surface area contributed by atoms with E-state index >= 15 is 0 Å². The number of nitrogens with two attached hydrogens (primary N) is 1. The van der Waals surface area contributed by atoms with Gasteiger partial charge in [-0.25, -0.2) is 0 Å². The molecule has 0 saturated heterocycles. The maximum atomic E-state index is 5.34. The Labute approximate surface area is 50.7 Å². The number of thiol groups is 1. The van der Waals surface area contributed by atoms with Gasteiger partial charge in [-0.15, -0.1) is 0 Å². The van der Waals surface area contributed by atoms with Crippen molar-refractivity contribution in [1.82, 2.24) is 0 Å². The van der Waals surface area contributed by atoms with Crippen molar-refractivity contribution in [2.75, 3.05) is 0 Å². The second kappa shape index (κ2) is 4.47. The topological polar surface area (TPSA) is 26.0 Å². The van der Waals surface area contributed by atoms with Gasteiger partial charge in [-0.3, -0.25) is 0 Å². The second-order valence-corrected chi connectivity index (χ2v) is 2.37. The first-order chi connectivity index (χ1) is 3.27. The van der Waals surface area contributed by atoms with Crippen LogP contribution in [-0.2, 0) is 0 Å². The Bertz CT molecular complexity index is 37.1. The van der Waals surface area contributed by atoms with Crippen LogP contribution in [0.4, 0.5) is 0 Å². The third-order valence-corrected chi connectivity index (χ3v) is 1.11. The molecule has 0 saturated carbocycles. The van der Waals surface area contributed by atoms with E-state index in [0.29, 0.717) is 0 Å². The molecule has 0 fully saturated rings. The Morgan fingerprint density at radius 3 is 2.43 bits per heavy atom. The fraction of sp³-hybridized carbons (Fsp3) is 1.00. The lowest BCUT2D eigenvalue weighted by molar-refractivity contribution is 0.701. The first kappa shape index (κ1) is 7.31. The lowest BCUT2D eigenvalue weighted by Gasteiger charge is -1.98. The summed E-state index contributed by atoms with van der Waals surface area (Å²) in [6.07, 6.45) is 3.46. The molecule has 2 N–H and O–H groups in total. The van der Waals surface area contributed by atoms with E-state index in [9.17, 15) is 0 Å². The number of unbranched alkanes of at least 4 members (excludes halogenated alkanes) is 1. The largest absolute Gasteiger partial charge is 0.320 e. The highest BCUT2D eigenvalue weighted by molar-refractivity contribution is 7.80. The zero-order chi connectivity index (χ0) is 5.70. The van der Waals surface area contributed by atoms with Gasteiger partial charge in [0.15, 0.2) is 0 Å². The lowest BCUT2D eigenvalue weighted by atomic mass is 10.2. The maximum absolute atomic E-state index is 5.34. The van der Waals surface area contributed by atoms with Crippen LogP contribution in [0.25, 0.3) is 0 Å². The highest BCUT2D eigenvalue weighted by atomic mass is 32.1. The summed E-state index contributed by atoms with van der Waals surface area (Å²) in [7, 11) is 0. The molecule has 0 aliphatic heterocycles. The van der Waals surface area contributed by atoms with Gasteiger partial charge in [0.1, 0.15) is 0 Å². The molecule has 0 aliphatic rings. The smallest absolute Gasteiger partial charge is 0.0477 e. The first-order valence-electron chi connectivity index (χ1n) is 2.71. The summed E-state index contributed by atoms with van der Waals surface area (Å²) in [6.45, 7) is 2.15. The van der Waals surface area contributed by atoms with Gasteiger partial charge in [-0.1, -0.05) is 19.8 Å². The third-order valence-electron chi connectivity index (χ3n) is 0.853. The fourth-order valence-electron chi connectivity index (χ4n) is 0.413. The Kier molecular flexibility index (Phi) is 4.67. The molecule has 1 atom stereocenters. The van der Waals surface area contributed by atoms with Gasteiger partial charge >= 0.3 is 0 Å². The van der Waals surface area contributed by atoms with Crippen molar-refractivity contribution in [2.24, 2.45) is 5.73 Å². The second-order valence-electron chi connectivity index (χ2n) is 1.71. The summed E-state index contributed by atoms with van der Waals surface area (Å²) in [6, 6.07) is 0. The average molecular weight is 119 g/mol. The van der Waals surface area contributed by atoms with Crippen LogP contribution in [-0.4, -0.2) is 5.37 Å². The van der Waals surface area contributed by atoms with Gasteiger partial charge in [0.2, 0.25) is 0 Å². The molecule has 1 unspecified atom stereocenters. The minimum absolute atomic E-state index is 0.0972. The molecule has 0 aromatic rings. The van der Waals surface area contributed by atoms with Crippen molar-refractivity contribution in [1.29, 1.82) is 0 Å². The molecule has 0 aliphatic carbocycles. The van der Waals surface area contributed by atoms with E-state index < -0.39 is 0 Å². The van der Waals surface area contributed by atoms with E-state index in [2.05, 4.69) is 19.6 Å². The van der Waals surface area contributed by atoms with Gasteiger partial charge < -0.3 is 5.73 Å². The van der Waals surface area contributed by atoms with Crippen LogP contribution in [0.5, 0.6) is 0 Å². The summed E-state index contributed by atoms with van der Waals surface area (Å²) in [5.74, 6) is 0. The molecule has 0 aromatic carbocycles. The maximum Gasteiger partial charge on any atom is 0.0477 e.